The van der Waals surface area contributed by atoms with Crippen LogP contribution in [0.25, 0.3) is 0 Å². The number of hydrogen-bond donors (Lipinski definition) is 2. The molecule has 18 heavy (non-hydrogen) atoms. The molecule has 0 aromatic heterocycles. The van der Waals surface area contributed by atoms with Gasteiger partial charge in [-0.1, -0.05) is 19.4 Å². The molecule has 0 saturated heterocycles. The molecule has 2 N–H and O–H groups in total. The largest absolute Gasteiger partial charge is 0.387 e. The molecule has 1 aromatic carbocycles. The van der Waals surface area contributed by atoms with E-state index >= 15 is 0 Å². The van der Waals surface area contributed by atoms with Gasteiger partial charge < -0.3 is 10.4 Å². The van der Waals surface area contributed by atoms with Gasteiger partial charge in [0.2, 0.25) is 0 Å². The van der Waals surface area contributed by atoms with Gasteiger partial charge in [0, 0.05) is 13.1 Å². The van der Waals surface area contributed by atoms with E-state index in [1.807, 2.05) is 0 Å². The van der Waals surface area contributed by atoms with Crippen LogP contribution in [0.4, 0.5) is 8.78 Å². The molecule has 1 atom stereocenters. The predicted octanol–water partition coefficient (Wildman–Crippen LogP) is 2.78. The van der Waals surface area contributed by atoms with E-state index < -0.39 is 17.7 Å². The van der Waals surface area contributed by atoms with Crippen LogP contribution in [-0.2, 0) is 0 Å². The lowest BCUT2D eigenvalue weighted by Gasteiger charge is -2.38. The number of hydrogen-bond acceptors (Lipinski definition) is 2. The number of nitrogens with one attached hydrogen (secondary N) is 1. The summed E-state index contributed by atoms with van der Waals surface area (Å²) in [7, 11) is 0. The van der Waals surface area contributed by atoms with E-state index in [0.29, 0.717) is 17.5 Å². The highest BCUT2D eigenvalue weighted by molar-refractivity contribution is 5.20. The average Bonchev–Trinajstić information content (AvgIpc) is 2.30. The van der Waals surface area contributed by atoms with E-state index in [-0.39, 0.29) is 0 Å². The van der Waals surface area contributed by atoms with Crippen molar-refractivity contribution in [2.45, 2.75) is 32.3 Å². The highest BCUT2D eigenvalue weighted by atomic mass is 19.2. The van der Waals surface area contributed by atoms with Gasteiger partial charge >= 0.3 is 0 Å². The Labute approximate surface area is 106 Å². The first-order valence-corrected chi connectivity index (χ1v) is 6.34. The van der Waals surface area contributed by atoms with Crippen LogP contribution in [0, 0.1) is 17.0 Å². The molecule has 0 radical (unpaired) electrons. The van der Waals surface area contributed by atoms with E-state index in [1.165, 1.54) is 25.3 Å². The maximum atomic E-state index is 13.0. The van der Waals surface area contributed by atoms with Crippen LogP contribution < -0.4 is 5.32 Å². The maximum Gasteiger partial charge on any atom is 0.159 e. The molecule has 1 aromatic rings. The Hall–Kier alpha value is -1.00. The standard InChI is InChI=1S/C14H19F2NO/c1-14(5-2-6-14)9-17-8-13(18)10-3-4-11(15)12(16)7-10/h3-4,7,13,17-18H,2,5-6,8-9H2,1H3. The average molecular weight is 255 g/mol. The number of rotatable bonds is 5. The van der Waals surface area contributed by atoms with Crippen molar-refractivity contribution in [3.63, 3.8) is 0 Å². The smallest absolute Gasteiger partial charge is 0.159 e. The number of halogens is 2. The molecule has 2 rings (SSSR count). The summed E-state index contributed by atoms with van der Waals surface area (Å²) in [5, 5.41) is 13.1. The number of benzene rings is 1. The van der Waals surface area contributed by atoms with Gasteiger partial charge in [-0.2, -0.15) is 0 Å². The minimum atomic E-state index is -0.919. The van der Waals surface area contributed by atoms with Crippen LogP contribution in [0.15, 0.2) is 18.2 Å². The number of aliphatic hydroxyl groups excluding tert-OH is 1. The zero-order valence-corrected chi connectivity index (χ0v) is 10.5. The lowest BCUT2D eigenvalue weighted by atomic mass is 9.70. The van der Waals surface area contributed by atoms with Gasteiger partial charge in [-0.3, -0.25) is 0 Å². The summed E-state index contributed by atoms with van der Waals surface area (Å²) in [6, 6.07) is 3.50. The first kappa shape index (κ1) is 13.4. The van der Waals surface area contributed by atoms with Gasteiger partial charge in [0.05, 0.1) is 6.10 Å². The summed E-state index contributed by atoms with van der Waals surface area (Å²) in [4.78, 5) is 0. The highest BCUT2D eigenvalue weighted by Crippen LogP contribution is 2.39. The summed E-state index contributed by atoms with van der Waals surface area (Å²) in [6.07, 6.45) is 2.88. The van der Waals surface area contributed by atoms with Crippen molar-refractivity contribution in [3.05, 3.63) is 35.4 Å². The molecular formula is C14H19F2NO. The Bertz CT molecular complexity index is 418. The summed E-state index contributed by atoms with van der Waals surface area (Å²) >= 11 is 0. The molecule has 4 heteroatoms. The second-order valence-electron chi connectivity index (χ2n) is 5.48. The van der Waals surface area contributed by atoms with Crippen molar-refractivity contribution in [1.82, 2.24) is 5.32 Å². The fraction of sp³-hybridized carbons (Fsp3) is 0.571. The van der Waals surface area contributed by atoms with Crippen molar-refractivity contribution >= 4 is 0 Å². The second kappa shape index (κ2) is 5.33. The van der Waals surface area contributed by atoms with Gasteiger partial charge in [0.25, 0.3) is 0 Å². The highest BCUT2D eigenvalue weighted by Gasteiger charge is 2.31. The Morgan fingerprint density at radius 3 is 2.61 bits per heavy atom. The molecule has 1 aliphatic carbocycles. The molecule has 1 aliphatic rings. The minimum Gasteiger partial charge on any atom is -0.387 e. The normalized spacial score (nSPS) is 19.3. The van der Waals surface area contributed by atoms with Gasteiger partial charge in [0.15, 0.2) is 11.6 Å². The van der Waals surface area contributed by atoms with Crippen LogP contribution in [0.5, 0.6) is 0 Å². The molecular weight excluding hydrogens is 236 g/mol. The van der Waals surface area contributed by atoms with E-state index in [1.54, 1.807) is 0 Å². The molecule has 0 amide bonds. The van der Waals surface area contributed by atoms with Crippen molar-refractivity contribution in [3.8, 4) is 0 Å². The zero-order chi connectivity index (χ0) is 13.2. The fourth-order valence-corrected chi connectivity index (χ4v) is 2.31. The fourth-order valence-electron chi connectivity index (χ4n) is 2.31. The molecule has 0 bridgehead atoms. The van der Waals surface area contributed by atoms with Crippen LogP contribution in [0.2, 0.25) is 0 Å². The van der Waals surface area contributed by atoms with Crippen LogP contribution in [0.3, 0.4) is 0 Å². The van der Waals surface area contributed by atoms with Crippen molar-refractivity contribution in [2.75, 3.05) is 13.1 Å². The van der Waals surface area contributed by atoms with E-state index in [4.69, 9.17) is 0 Å². The van der Waals surface area contributed by atoms with E-state index in [0.717, 1.165) is 18.7 Å². The first-order valence-electron chi connectivity index (χ1n) is 6.34. The predicted molar refractivity (Wildman–Crippen MR) is 66.1 cm³/mol. The monoisotopic (exact) mass is 255 g/mol. The van der Waals surface area contributed by atoms with Gasteiger partial charge in [-0.05, 0) is 36.0 Å². The summed E-state index contributed by atoms with van der Waals surface area (Å²) in [5.41, 5.74) is 0.744. The third-order valence-corrected chi connectivity index (χ3v) is 3.78. The van der Waals surface area contributed by atoms with Crippen LogP contribution in [-0.4, -0.2) is 18.2 Å². The Morgan fingerprint density at radius 2 is 2.06 bits per heavy atom. The van der Waals surface area contributed by atoms with E-state index in [9.17, 15) is 13.9 Å². The third kappa shape index (κ3) is 3.06. The SMILES string of the molecule is CC1(CNCC(O)c2ccc(F)c(F)c2)CCC1. The zero-order valence-electron chi connectivity index (χ0n) is 10.5. The maximum absolute atomic E-state index is 13.0. The third-order valence-electron chi connectivity index (χ3n) is 3.78. The molecule has 0 heterocycles. The number of aliphatic hydroxyl groups is 1. The molecule has 100 valence electrons. The topological polar surface area (TPSA) is 32.3 Å². The molecule has 2 nitrogen and oxygen atoms in total. The quantitative estimate of drug-likeness (QED) is 0.848. The lowest BCUT2D eigenvalue weighted by molar-refractivity contribution is 0.132. The van der Waals surface area contributed by atoms with Gasteiger partial charge in [-0.15, -0.1) is 0 Å². The summed E-state index contributed by atoms with van der Waals surface area (Å²) < 4.78 is 25.8. The van der Waals surface area contributed by atoms with Crippen LogP contribution in [0.1, 0.15) is 37.9 Å². The minimum absolute atomic E-state index is 0.341. The van der Waals surface area contributed by atoms with Crippen molar-refractivity contribution < 1.29 is 13.9 Å². The van der Waals surface area contributed by atoms with Crippen LogP contribution >= 0.6 is 0 Å². The van der Waals surface area contributed by atoms with Crippen molar-refractivity contribution in [2.24, 2.45) is 5.41 Å². The van der Waals surface area contributed by atoms with E-state index in [2.05, 4.69) is 12.2 Å². The molecule has 1 saturated carbocycles. The summed E-state index contributed by atoms with van der Waals surface area (Å²) in [6.45, 7) is 3.43. The molecule has 1 fully saturated rings. The lowest BCUT2D eigenvalue weighted by Crippen LogP contribution is -2.38. The summed E-state index contributed by atoms with van der Waals surface area (Å²) in [5.74, 6) is -1.81. The van der Waals surface area contributed by atoms with Gasteiger partial charge in [-0.25, -0.2) is 8.78 Å². The Kier molecular flexibility index (Phi) is 3.97. The van der Waals surface area contributed by atoms with Crippen molar-refractivity contribution in [1.29, 1.82) is 0 Å². The molecule has 0 spiro atoms. The second-order valence-corrected chi connectivity index (χ2v) is 5.48. The molecule has 0 aliphatic heterocycles. The first-order chi connectivity index (χ1) is 8.50. The Balaban J connectivity index is 1.83. The Morgan fingerprint density at radius 1 is 1.33 bits per heavy atom. The van der Waals surface area contributed by atoms with Gasteiger partial charge in [0.1, 0.15) is 0 Å². The molecule has 1 unspecified atom stereocenters.